The van der Waals surface area contributed by atoms with Crippen molar-refractivity contribution in [2.45, 2.75) is 25.5 Å². The minimum absolute atomic E-state index is 0.0511. The number of hydrogen-bond acceptors (Lipinski definition) is 5. The van der Waals surface area contributed by atoms with Crippen molar-refractivity contribution in [3.05, 3.63) is 0 Å². The Bertz CT molecular complexity index is 370. The zero-order valence-corrected chi connectivity index (χ0v) is 14.6. The Hall–Kier alpha value is -1.38. The largest absolute Gasteiger partial charge is 0.383 e. The molecule has 1 amide bonds. The number of ether oxygens (including phenoxy) is 3. The van der Waals surface area contributed by atoms with E-state index in [9.17, 15) is 4.79 Å². The van der Waals surface area contributed by atoms with Gasteiger partial charge in [-0.15, -0.1) is 0 Å². The fourth-order valence-electron chi connectivity index (χ4n) is 1.91. The van der Waals surface area contributed by atoms with Crippen molar-refractivity contribution in [3.8, 4) is 0 Å². The minimum atomic E-state index is -0.0511. The summed E-state index contributed by atoms with van der Waals surface area (Å²) in [6.45, 7) is 5.27. The molecule has 1 saturated heterocycles. The maximum Gasteiger partial charge on any atom is 0.243 e. The lowest BCUT2D eigenvalue weighted by molar-refractivity contribution is -0.127. The number of hydrogen-bond donors (Lipinski definition) is 2. The third kappa shape index (κ3) is 8.73. The second-order valence-corrected chi connectivity index (χ2v) is 5.74. The summed E-state index contributed by atoms with van der Waals surface area (Å²) in [4.78, 5) is 17.5. The monoisotopic (exact) mass is 330 g/mol. The van der Waals surface area contributed by atoms with Crippen LogP contribution in [0.3, 0.4) is 0 Å². The molecule has 1 rings (SSSR count). The molecule has 0 radical (unpaired) electrons. The number of carbonyl (C=O) groups excluding carboxylic acids is 1. The quantitative estimate of drug-likeness (QED) is 0.335. The molecule has 2 N–H and O–H groups in total. The number of carbonyl (C=O) groups is 1. The molecule has 1 fully saturated rings. The zero-order chi connectivity index (χ0) is 17.1. The topological polar surface area (TPSA) is 84.4 Å². The third-order valence-corrected chi connectivity index (χ3v) is 3.32. The second-order valence-electron chi connectivity index (χ2n) is 5.74. The molecular formula is C15H30N4O4. The summed E-state index contributed by atoms with van der Waals surface area (Å²) in [6.07, 6.45) is 1.12. The van der Waals surface area contributed by atoms with Gasteiger partial charge in [-0.25, -0.2) is 4.99 Å². The van der Waals surface area contributed by atoms with E-state index >= 15 is 0 Å². The molecule has 0 saturated carbocycles. The number of likely N-dealkylation sites (N-methyl/N-ethyl adjacent to an activating group) is 1. The van der Waals surface area contributed by atoms with Crippen molar-refractivity contribution in [3.63, 3.8) is 0 Å². The van der Waals surface area contributed by atoms with E-state index in [0.717, 1.165) is 13.0 Å². The van der Waals surface area contributed by atoms with Crippen molar-refractivity contribution in [1.29, 1.82) is 0 Å². The Morgan fingerprint density at radius 3 is 2.87 bits per heavy atom. The van der Waals surface area contributed by atoms with Crippen molar-refractivity contribution >= 4 is 11.9 Å². The van der Waals surface area contributed by atoms with Gasteiger partial charge in [-0.2, -0.15) is 0 Å². The number of guanidine groups is 1. The van der Waals surface area contributed by atoms with Gasteiger partial charge in [-0.3, -0.25) is 4.79 Å². The van der Waals surface area contributed by atoms with Gasteiger partial charge in [0.05, 0.1) is 25.9 Å². The van der Waals surface area contributed by atoms with Crippen LogP contribution in [0.15, 0.2) is 4.99 Å². The lowest BCUT2D eigenvalue weighted by atomic mass is 10.3. The molecular weight excluding hydrogens is 300 g/mol. The van der Waals surface area contributed by atoms with Crippen LogP contribution in [0.1, 0.15) is 13.3 Å². The molecule has 134 valence electrons. The van der Waals surface area contributed by atoms with Gasteiger partial charge in [0.1, 0.15) is 6.54 Å². The van der Waals surface area contributed by atoms with E-state index in [1.807, 2.05) is 6.92 Å². The number of methoxy groups -OCH3 is 1. The molecule has 0 aromatic carbocycles. The molecule has 1 aliphatic rings. The molecule has 8 nitrogen and oxygen atoms in total. The van der Waals surface area contributed by atoms with Gasteiger partial charge in [-0.1, -0.05) is 0 Å². The van der Waals surface area contributed by atoms with Gasteiger partial charge in [0.2, 0.25) is 5.91 Å². The maximum absolute atomic E-state index is 11.7. The van der Waals surface area contributed by atoms with E-state index in [1.165, 1.54) is 4.90 Å². The Morgan fingerprint density at radius 2 is 2.26 bits per heavy atom. The number of aliphatic imine (C=N–C) groups is 1. The molecule has 8 heteroatoms. The van der Waals surface area contributed by atoms with Crippen molar-refractivity contribution in [1.82, 2.24) is 15.5 Å². The Morgan fingerprint density at radius 1 is 1.48 bits per heavy atom. The van der Waals surface area contributed by atoms with Crippen LogP contribution in [0.25, 0.3) is 0 Å². The van der Waals surface area contributed by atoms with Crippen LogP contribution in [-0.2, 0) is 19.0 Å². The van der Waals surface area contributed by atoms with Crippen LogP contribution in [0.5, 0.6) is 0 Å². The smallest absolute Gasteiger partial charge is 0.243 e. The lowest BCUT2D eigenvalue weighted by Crippen LogP contribution is -2.46. The van der Waals surface area contributed by atoms with Gasteiger partial charge >= 0.3 is 0 Å². The van der Waals surface area contributed by atoms with Gasteiger partial charge in [0.25, 0.3) is 0 Å². The lowest BCUT2D eigenvalue weighted by Gasteiger charge is -2.20. The summed E-state index contributed by atoms with van der Waals surface area (Å²) in [5.41, 5.74) is 0. The number of amides is 1. The Balaban J connectivity index is 2.42. The molecule has 0 spiro atoms. The first kappa shape index (κ1) is 19.7. The average Bonchev–Trinajstić information content (AvgIpc) is 3.03. The summed E-state index contributed by atoms with van der Waals surface area (Å²) in [5, 5.41) is 6.38. The molecule has 0 bridgehead atoms. The van der Waals surface area contributed by atoms with E-state index in [2.05, 4.69) is 15.6 Å². The van der Waals surface area contributed by atoms with Gasteiger partial charge in [-0.05, 0) is 13.3 Å². The van der Waals surface area contributed by atoms with Crippen LogP contribution in [0.2, 0.25) is 0 Å². The first-order chi connectivity index (χ1) is 11.0. The summed E-state index contributed by atoms with van der Waals surface area (Å²) in [7, 11) is 5.06. The predicted molar refractivity (Wildman–Crippen MR) is 88.6 cm³/mol. The van der Waals surface area contributed by atoms with Crippen LogP contribution in [0, 0.1) is 0 Å². The van der Waals surface area contributed by atoms with Crippen molar-refractivity contribution < 1.29 is 19.0 Å². The third-order valence-electron chi connectivity index (χ3n) is 3.32. The van der Waals surface area contributed by atoms with E-state index < -0.39 is 0 Å². The van der Waals surface area contributed by atoms with Gasteiger partial charge < -0.3 is 29.7 Å². The Kier molecular flexibility index (Phi) is 9.58. The molecule has 2 unspecified atom stereocenters. The highest BCUT2D eigenvalue weighted by Gasteiger charge is 2.17. The molecule has 1 aliphatic heterocycles. The van der Waals surface area contributed by atoms with Crippen LogP contribution < -0.4 is 10.6 Å². The summed E-state index contributed by atoms with van der Waals surface area (Å²) in [6, 6.07) is 0.0684. The average molecular weight is 330 g/mol. The minimum Gasteiger partial charge on any atom is -0.383 e. The predicted octanol–water partition coefficient (Wildman–Crippen LogP) is -0.550. The zero-order valence-electron chi connectivity index (χ0n) is 14.6. The number of rotatable bonds is 9. The van der Waals surface area contributed by atoms with E-state index in [4.69, 9.17) is 14.2 Å². The fourth-order valence-corrected chi connectivity index (χ4v) is 1.91. The maximum atomic E-state index is 11.7. The first-order valence-corrected chi connectivity index (χ1v) is 7.96. The van der Waals surface area contributed by atoms with E-state index in [-0.39, 0.29) is 24.6 Å². The van der Waals surface area contributed by atoms with E-state index in [1.54, 1.807) is 21.2 Å². The van der Waals surface area contributed by atoms with Crippen LogP contribution in [0.4, 0.5) is 0 Å². The first-order valence-electron chi connectivity index (χ1n) is 7.96. The number of nitrogens with one attached hydrogen (secondary N) is 2. The second kappa shape index (κ2) is 11.2. The standard InChI is InChI=1S/C15H30N4O4/c1-12(10-23-13-5-7-22-11-13)18-15(16-6-8-21-4)17-9-14(20)19(2)3/h12-13H,5-11H2,1-4H3,(H2,16,17,18). The normalized spacial score (nSPS) is 19.5. The number of nitrogens with zero attached hydrogens (tertiary/aromatic N) is 2. The molecule has 0 aromatic heterocycles. The summed E-state index contributed by atoms with van der Waals surface area (Å²) >= 11 is 0. The molecule has 0 aromatic rings. The highest BCUT2D eigenvalue weighted by Crippen LogP contribution is 2.08. The molecule has 0 aliphatic carbocycles. The van der Waals surface area contributed by atoms with Crippen molar-refractivity contribution in [2.75, 3.05) is 60.7 Å². The van der Waals surface area contributed by atoms with Crippen LogP contribution >= 0.6 is 0 Å². The fraction of sp³-hybridized carbons (Fsp3) is 0.867. The summed E-state index contributed by atoms with van der Waals surface area (Å²) < 4.78 is 16.1. The van der Waals surface area contributed by atoms with Crippen molar-refractivity contribution in [2.24, 2.45) is 4.99 Å². The summed E-state index contributed by atoms with van der Waals surface area (Å²) in [5.74, 6) is 0.529. The molecule has 2 atom stereocenters. The Labute approximate surface area is 138 Å². The SMILES string of the molecule is COCCNC(=NCC(=O)N(C)C)NC(C)COC1CCOC1. The van der Waals surface area contributed by atoms with Gasteiger partial charge in [0, 0.05) is 40.4 Å². The van der Waals surface area contributed by atoms with Gasteiger partial charge in [0.15, 0.2) is 5.96 Å². The molecule has 1 heterocycles. The van der Waals surface area contributed by atoms with E-state index in [0.29, 0.717) is 32.3 Å². The highest BCUT2D eigenvalue weighted by molar-refractivity contribution is 5.84. The van der Waals surface area contributed by atoms with Crippen LogP contribution in [-0.4, -0.2) is 89.6 Å². The highest BCUT2D eigenvalue weighted by atomic mass is 16.5. The molecule has 23 heavy (non-hydrogen) atoms.